The van der Waals surface area contributed by atoms with Gasteiger partial charge < -0.3 is 9.15 Å². The number of ether oxygens (including phenoxy) is 1. The van der Waals surface area contributed by atoms with Crippen molar-refractivity contribution in [1.29, 1.82) is 0 Å². The Hall–Kier alpha value is -2.04. The Labute approximate surface area is 113 Å². The number of esters is 1. The molecular formula is C14H14BNO3. The Kier molecular flexibility index (Phi) is 4.05. The maximum Gasteiger partial charge on any atom is 0.302 e. The average molecular weight is 255 g/mol. The number of carbonyl (C=O) groups excluding carboxylic acids is 1. The zero-order valence-electron chi connectivity index (χ0n) is 11.0. The Bertz CT molecular complexity index is 575. The van der Waals surface area contributed by atoms with Gasteiger partial charge in [-0.1, -0.05) is 29.8 Å². The lowest BCUT2D eigenvalue weighted by molar-refractivity contribution is -0.140. The van der Waals surface area contributed by atoms with E-state index in [4.69, 9.17) is 17.0 Å². The van der Waals surface area contributed by atoms with Gasteiger partial charge in [0.25, 0.3) is 0 Å². The lowest BCUT2D eigenvalue weighted by Crippen LogP contribution is -2.03. The molecule has 0 bridgehead atoms. The number of hydrogen-bond donors (Lipinski definition) is 0. The summed E-state index contributed by atoms with van der Waals surface area (Å²) in [5, 5.41) is 0. The van der Waals surface area contributed by atoms with Crippen LogP contribution in [0.25, 0.3) is 11.3 Å². The summed E-state index contributed by atoms with van der Waals surface area (Å²) in [7, 11) is 5.81. The van der Waals surface area contributed by atoms with Crippen LogP contribution in [0.2, 0.25) is 0 Å². The molecule has 0 amide bonds. The van der Waals surface area contributed by atoms with Crippen molar-refractivity contribution in [2.45, 2.75) is 20.3 Å². The zero-order valence-corrected chi connectivity index (χ0v) is 11.0. The summed E-state index contributed by atoms with van der Waals surface area (Å²) in [4.78, 5) is 15.0. The van der Waals surface area contributed by atoms with E-state index in [1.165, 1.54) is 12.5 Å². The van der Waals surface area contributed by atoms with Crippen LogP contribution in [-0.4, -0.2) is 25.4 Å². The second kappa shape index (κ2) is 5.74. The lowest BCUT2D eigenvalue weighted by atomic mass is 9.99. The van der Waals surface area contributed by atoms with Gasteiger partial charge in [-0.2, -0.15) is 0 Å². The summed E-state index contributed by atoms with van der Waals surface area (Å²) in [6.45, 7) is 3.62. The van der Waals surface area contributed by atoms with Crippen molar-refractivity contribution in [2.24, 2.45) is 0 Å². The molecule has 96 valence electrons. The number of rotatable bonds is 4. The van der Waals surface area contributed by atoms with Crippen LogP contribution in [-0.2, 0) is 16.0 Å². The Morgan fingerprint density at radius 3 is 2.68 bits per heavy atom. The first-order valence-electron chi connectivity index (χ1n) is 6.02. The van der Waals surface area contributed by atoms with E-state index in [-0.39, 0.29) is 18.2 Å². The first-order chi connectivity index (χ1) is 9.06. The van der Waals surface area contributed by atoms with E-state index in [9.17, 15) is 4.79 Å². The van der Waals surface area contributed by atoms with E-state index in [0.717, 1.165) is 5.56 Å². The number of aryl methyl sites for hydroxylation is 1. The first kappa shape index (κ1) is 13.4. The van der Waals surface area contributed by atoms with E-state index in [2.05, 4.69) is 4.98 Å². The van der Waals surface area contributed by atoms with Crippen molar-refractivity contribution in [1.82, 2.24) is 4.98 Å². The SMILES string of the molecule is [B]c1oc(CCOC(C)=O)nc1-c1ccc(C)cc1. The Morgan fingerprint density at radius 2 is 2.05 bits per heavy atom. The van der Waals surface area contributed by atoms with Crippen LogP contribution in [0.4, 0.5) is 0 Å². The van der Waals surface area contributed by atoms with Gasteiger partial charge in [-0.3, -0.25) is 4.79 Å². The van der Waals surface area contributed by atoms with Gasteiger partial charge in [0.05, 0.1) is 18.7 Å². The standard InChI is InChI=1S/C14H14BNO3/c1-9-3-5-11(6-4-9)13-14(15)19-12(16-13)7-8-18-10(2)17/h3-6H,7-8H2,1-2H3. The van der Waals surface area contributed by atoms with Crippen molar-refractivity contribution in [3.8, 4) is 11.3 Å². The van der Waals surface area contributed by atoms with Gasteiger partial charge in [-0.25, -0.2) is 4.98 Å². The maximum atomic E-state index is 10.7. The molecule has 0 atom stereocenters. The molecule has 0 aliphatic heterocycles. The third kappa shape index (κ3) is 3.47. The summed E-state index contributed by atoms with van der Waals surface area (Å²) in [6, 6.07) is 7.86. The van der Waals surface area contributed by atoms with Crippen LogP contribution in [0.3, 0.4) is 0 Å². The van der Waals surface area contributed by atoms with Gasteiger partial charge >= 0.3 is 5.97 Å². The second-order valence-electron chi connectivity index (χ2n) is 4.28. The highest BCUT2D eigenvalue weighted by Crippen LogP contribution is 2.17. The molecule has 4 nitrogen and oxygen atoms in total. The molecule has 2 rings (SSSR count). The number of aromatic nitrogens is 1. The smallest absolute Gasteiger partial charge is 0.302 e. The minimum atomic E-state index is -0.321. The molecule has 0 saturated carbocycles. The van der Waals surface area contributed by atoms with Crippen molar-refractivity contribution in [3.05, 3.63) is 35.7 Å². The molecule has 1 heterocycles. The molecule has 19 heavy (non-hydrogen) atoms. The molecule has 0 saturated heterocycles. The van der Waals surface area contributed by atoms with E-state index in [1.54, 1.807) is 0 Å². The zero-order chi connectivity index (χ0) is 13.8. The number of nitrogens with zero attached hydrogens (tertiary/aromatic N) is 1. The number of oxazole rings is 1. The van der Waals surface area contributed by atoms with Gasteiger partial charge in [-0.15, -0.1) is 0 Å². The highest BCUT2D eigenvalue weighted by atomic mass is 16.5. The summed E-state index contributed by atoms with van der Waals surface area (Å²) >= 11 is 0. The third-order valence-electron chi connectivity index (χ3n) is 2.64. The van der Waals surface area contributed by atoms with E-state index in [1.807, 2.05) is 31.2 Å². The lowest BCUT2D eigenvalue weighted by Gasteiger charge is -1.98. The van der Waals surface area contributed by atoms with Crippen LogP contribution in [0, 0.1) is 6.92 Å². The Balaban J connectivity index is 2.12. The van der Waals surface area contributed by atoms with Crippen molar-refractivity contribution >= 4 is 19.5 Å². The van der Waals surface area contributed by atoms with E-state index >= 15 is 0 Å². The molecule has 0 aliphatic rings. The average Bonchev–Trinajstić information content (AvgIpc) is 2.71. The van der Waals surface area contributed by atoms with Crippen LogP contribution in [0.1, 0.15) is 18.4 Å². The van der Waals surface area contributed by atoms with Crippen molar-refractivity contribution in [2.75, 3.05) is 6.61 Å². The van der Waals surface area contributed by atoms with Gasteiger partial charge in [0.2, 0.25) is 0 Å². The van der Waals surface area contributed by atoms with Crippen LogP contribution >= 0.6 is 0 Å². The molecule has 0 fully saturated rings. The monoisotopic (exact) mass is 255 g/mol. The third-order valence-corrected chi connectivity index (χ3v) is 2.64. The molecule has 1 aromatic heterocycles. The normalized spacial score (nSPS) is 10.4. The summed E-state index contributed by atoms with van der Waals surface area (Å²) < 4.78 is 10.2. The van der Waals surface area contributed by atoms with E-state index < -0.39 is 0 Å². The fraction of sp³-hybridized carbons (Fsp3) is 0.286. The fourth-order valence-electron chi connectivity index (χ4n) is 1.69. The first-order valence-corrected chi connectivity index (χ1v) is 6.02. The fourth-order valence-corrected chi connectivity index (χ4v) is 1.69. The molecule has 2 aromatic rings. The number of hydrogen-bond acceptors (Lipinski definition) is 4. The van der Waals surface area contributed by atoms with Crippen LogP contribution in [0.15, 0.2) is 28.7 Å². The minimum absolute atomic E-state index is 0.239. The van der Waals surface area contributed by atoms with Crippen molar-refractivity contribution in [3.63, 3.8) is 0 Å². The molecule has 2 radical (unpaired) electrons. The van der Waals surface area contributed by atoms with Crippen LogP contribution in [0.5, 0.6) is 0 Å². The van der Waals surface area contributed by atoms with E-state index in [0.29, 0.717) is 18.0 Å². The molecular weight excluding hydrogens is 241 g/mol. The molecule has 0 spiro atoms. The highest BCUT2D eigenvalue weighted by Gasteiger charge is 2.11. The molecule has 5 heteroatoms. The van der Waals surface area contributed by atoms with Gasteiger partial charge in [0.1, 0.15) is 5.69 Å². The summed E-state index contributed by atoms with van der Waals surface area (Å²) in [5.74, 6) is 0.146. The maximum absolute atomic E-state index is 10.7. The van der Waals surface area contributed by atoms with Gasteiger partial charge in [0, 0.05) is 12.5 Å². The summed E-state index contributed by atoms with van der Waals surface area (Å²) in [6.07, 6.45) is 0.412. The highest BCUT2D eigenvalue weighted by molar-refractivity contribution is 6.33. The Morgan fingerprint density at radius 1 is 1.37 bits per heavy atom. The molecule has 0 N–H and O–H groups in total. The molecule has 1 aromatic carbocycles. The molecule has 0 aliphatic carbocycles. The summed E-state index contributed by atoms with van der Waals surface area (Å²) in [5.41, 5.74) is 2.98. The quantitative estimate of drug-likeness (QED) is 0.614. The minimum Gasteiger partial charge on any atom is -0.465 e. The largest absolute Gasteiger partial charge is 0.465 e. The van der Waals surface area contributed by atoms with Crippen LogP contribution < -0.4 is 5.66 Å². The predicted octanol–water partition coefficient (Wildman–Crippen LogP) is 1.55. The van der Waals surface area contributed by atoms with Crippen molar-refractivity contribution < 1.29 is 13.9 Å². The number of carbonyl (C=O) groups is 1. The molecule has 0 unspecified atom stereocenters. The number of benzene rings is 1. The second-order valence-corrected chi connectivity index (χ2v) is 4.28. The van der Waals surface area contributed by atoms with Gasteiger partial charge in [0.15, 0.2) is 13.7 Å². The topological polar surface area (TPSA) is 52.3 Å². The van der Waals surface area contributed by atoms with Gasteiger partial charge in [-0.05, 0) is 6.92 Å². The predicted molar refractivity (Wildman–Crippen MR) is 72.4 cm³/mol.